The highest BCUT2D eigenvalue weighted by atomic mass is 16.3. The topological polar surface area (TPSA) is 99.6 Å². The number of carbonyl (C=O) groups excluding carboxylic acids is 3. The number of hydrogen-bond acceptors (Lipinski definition) is 5. The van der Waals surface area contributed by atoms with Gasteiger partial charge in [-0.3, -0.25) is 24.6 Å². The van der Waals surface area contributed by atoms with Crippen LogP contribution >= 0.6 is 0 Å². The van der Waals surface area contributed by atoms with Crippen molar-refractivity contribution >= 4 is 34.2 Å². The van der Waals surface area contributed by atoms with Gasteiger partial charge in [-0.25, -0.2) is 4.98 Å². The molecule has 1 aromatic heterocycles. The Morgan fingerprint density at radius 3 is 2.86 bits per heavy atom. The van der Waals surface area contributed by atoms with E-state index in [1.54, 1.807) is 18.2 Å². The highest BCUT2D eigenvalue weighted by molar-refractivity contribution is 6.27. The fraction of sp³-hybridized carbons (Fsp3) is 0.200. The first-order valence-corrected chi connectivity index (χ1v) is 6.86. The predicted octanol–water partition coefficient (Wildman–Crippen LogP) is 0.706. The van der Waals surface area contributed by atoms with Crippen molar-refractivity contribution in [2.45, 2.75) is 18.9 Å². The Kier molecular flexibility index (Phi) is 2.47. The van der Waals surface area contributed by atoms with E-state index in [4.69, 9.17) is 0 Å². The Balaban J connectivity index is 1.89. The standard InChI is InChI=1S/C15H11N3O4/c19-11-5-4-10(14(21)17-11)18-9-3-1-2-7-12(9)8(15(18)22)6-16-13(7)20/h1-3,6,10H,4-5H2,(H,16,20)(H,17,19,21). The molecule has 2 aliphatic rings. The third-order valence-corrected chi connectivity index (χ3v) is 4.10. The van der Waals surface area contributed by atoms with Crippen LogP contribution in [0.4, 0.5) is 5.69 Å². The van der Waals surface area contributed by atoms with Crippen LogP contribution in [0.15, 0.2) is 24.4 Å². The van der Waals surface area contributed by atoms with Crippen LogP contribution in [-0.2, 0) is 9.59 Å². The van der Waals surface area contributed by atoms with Gasteiger partial charge in [0.15, 0.2) is 0 Å². The molecule has 0 aliphatic carbocycles. The summed E-state index contributed by atoms with van der Waals surface area (Å²) in [4.78, 5) is 41.2. The summed E-state index contributed by atoms with van der Waals surface area (Å²) in [5.41, 5.74) is 0.915. The van der Waals surface area contributed by atoms with Crippen LogP contribution in [0.1, 0.15) is 23.2 Å². The minimum absolute atomic E-state index is 0.154. The Morgan fingerprint density at radius 1 is 1.27 bits per heavy atom. The molecule has 4 rings (SSSR count). The molecule has 2 N–H and O–H groups in total. The second-order valence-electron chi connectivity index (χ2n) is 5.34. The summed E-state index contributed by atoms with van der Waals surface area (Å²) in [5, 5.41) is 13.2. The molecule has 22 heavy (non-hydrogen) atoms. The van der Waals surface area contributed by atoms with Crippen LogP contribution < -0.4 is 10.2 Å². The molecule has 3 amide bonds. The molecule has 1 atom stereocenters. The van der Waals surface area contributed by atoms with E-state index < -0.39 is 11.9 Å². The minimum atomic E-state index is -0.731. The van der Waals surface area contributed by atoms with E-state index in [0.717, 1.165) is 0 Å². The van der Waals surface area contributed by atoms with E-state index in [0.29, 0.717) is 22.0 Å². The number of amides is 3. The molecule has 2 aromatic rings. The molecule has 2 aliphatic heterocycles. The molecule has 110 valence electrons. The van der Waals surface area contributed by atoms with Crippen molar-refractivity contribution < 1.29 is 19.5 Å². The van der Waals surface area contributed by atoms with Crippen molar-refractivity contribution in [3.63, 3.8) is 0 Å². The number of anilines is 1. The van der Waals surface area contributed by atoms with Gasteiger partial charge in [0.25, 0.3) is 5.91 Å². The second kappa shape index (κ2) is 4.27. The number of hydrogen-bond donors (Lipinski definition) is 2. The van der Waals surface area contributed by atoms with Crippen LogP contribution in [0.2, 0.25) is 0 Å². The maximum absolute atomic E-state index is 12.7. The lowest BCUT2D eigenvalue weighted by Crippen LogP contribution is -2.53. The molecule has 1 saturated heterocycles. The number of imide groups is 1. The minimum Gasteiger partial charge on any atom is -0.493 e. The van der Waals surface area contributed by atoms with Gasteiger partial charge in [-0.15, -0.1) is 0 Å². The van der Waals surface area contributed by atoms with Crippen molar-refractivity contribution in [2.24, 2.45) is 0 Å². The summed E-state index contributed by atoms with van der Waals surface area (Å²) in [6, 6.07) is 4.36. The first kappa shape index (κ1) is 12.8. The molecule has 0 radical (unpaired) electrons. The number of piperidine rings is 1. The lowest BCUT2D eigenvalue weighted by Gasteiger charge is -2.30. The van der Waals surface area contributed by atoms with E-state index in [9.17, 15) is 19.5 Å². The smallest absolute Gasteiger partial charge is 0.261 e. The van der Waals surface area contributed by atoms with Gasteiger partial charge in [-0.1, -0.05) is 6.07 Å². The number of nitrogens with zero attached hydrogens (tertiary/aromatic N) is 2. The average Bonchev–Trinajstić information content (AvgIpc) is 2.77. The summed E-state index contributed by atoms with van der Waals surface area (Å²) in [6.45, 7) is 0. The summed E-state index contributed by atoms with van der Waals surface area (Å²) < 4.78 is 0. The van der Waals surface area contributed by atoms with Gasteiger partial charge < -0.3 is 5.11 Å². The lowest BCUT2D eigenvalue weighted by molar-refractivity contribution is -0.134. The van der Waals surface area contributed by atoms with Gasteiger partial charge in [-0.05, 0) is 18.6 Å². The normalized spacial score (nSPS) is 20.6. The Hall–Kier alpha value is -2.96. The van der Waals surface area contributed by atoms with E-state index in [2.05, 4.69) is 10.3 Å². The lowest BCUT2D eigenvalue weighted by atomic mass is 10.0. The summed E-state index contributed by atoms with van der Waals surface area (Å²) in [5.74, 6) is -1.30. The fourth-order valence-electron chi connectivity index (χ4n) is 3.11. The average molecular weight is 297 g/mol. The number of rotatable bonds is 1. The first-order chi connectivity index (χ1) is 10.6. The zero-order chi connectivity index (χ0) is 15.4. The third-order valence-electron chi connectivity index (χ3n) is 4.10. The Bertz CT molecular complexity index is 861. The third kappa shape index (κ3) is 1.56. The Morgan fingerprint density at radius 2 is 2.09 bits per heavy atom. The highest BCUT2D eigenvalue weighted by Crippen LogP contribution is 2.41. The van der Waals surface area contributed by atoms with E-state index >= 15 is 0 Å². The number of aromatic hydroxyl groups is 1. The van der Waals surface area contributed by atoms with Gasteiger partial charge in [0.1, 0.15) is 6.04 Å². The van der Waals surface area contributed by atoms with Crippen LogP contribution in [-0.4, -0.2) is 33.9 Å². The Labute approximate surface area is 124 Å². The molecule has 1 fully saturated rings. The van der Waals surface area contributed by atoms with Crippen LogP contribution in [0.25, 0.3) is 10.8 Å². The van der Waals surface area contributed by atoms with E-state index in [-0.39, 0.29) is 30.5 Å². The van der Waals surface area contributed by atoms with E-state index in [1.165, 1.54) is 11.1 Å². The highest BCUT2D eigenvalue weighted by Gasteiger charge is 2.41. The maximum Gasteiger partial charge on any atom is 0.261 e. The van der Waals surface area contributed by atoms with Crippen LogP contribution in [0.3, 0.4) is 0 Å². The molecule has 7 nitrogen and oxygen atoms in total. The molecule has 3 heterocycles. The van der Waals surface area contributed by atoms with Crippen molar-refractivity contribution in [1.82, 2.24) is 10.3 Å². The first-order valence-electron chi connectivity index (χ1n) is 6.86. The zero-order valence-electron chi connectivity index (χ0n) is 11.4. The van der Waals surface area contributed by atoms with Gasteiger partial charge in [0, 0.05) is 23.4 Å². The molecular weight excluding hydrogens is 286 g/mol. The number of nitrogens with one attached hydrogen (secondary N) is 1. The van der Waals surface area contributed by atoms with Gasteiger partial charge in [0.05, 0.1) is 11.3 Å². The summed E-state index contributed by atoms with van der Waals surface area (Å²) in [6.07, 6.45) is 1.78. The van der Waals surface area contributed by atoms with Crippen molar-refractivity contribution in [3.05, 3.63) is 30.0 Å². The van der Waals surface area contributed by atoms with Gasteiger partial charge in [0.2, 0.25) is 17.7 Å². The molecule has 7 heteroatoms. The number of carbonyl (C=O) groups is 3. The number of pyridine rings is 1. The quantitative estimate of drug-likeness (QED) is 0.755. The molecule has 1 aromatic carbocycles. The van der Waals surface area contributed by atoms with Crippen LogP contribution in [0, 0.1) is 0 Å². The number of benzene rings is 1. The molecule has 0 bridgehead atoms. The summed E-state index contributed by atoms with van der Waals surface area (Å²) in [7, 11) is 0. The number of aromatic nitrogens is 1. The fourth-order valence-corrected chi connectivity index (χ4v) is 3.11. The SMILES string of the molecule is O=C1CCC(N2C(=O)c3cnc(O)c4cccc2c34)C(=O)N1. The van der Waals surface area contributed by atoms with Crippen LogP contribution in [0.5, 0.6) is 5.88 Å². The molecule has 0 saturated carbocycles. The molecular formula is C15H11N3O4. The monoisotopic (exact) mass is 297 g/mol. The van der Waals surface area contributed by atoms with Crippen molar-refractivity contribution in [3.8, 4) is 5.88 Å². The van der Waals surface area contributed by atoms with E-state index in [1.807, 2.05) is 0 Å². The van der Waals surface area contributed by atoms with Crippen molar-refractivity contribution in [2.75, 3.05) is 4.90 Å². The summed E-state index contributed by atoms with van der Waals surface area (Å²) >= 11 is 0. The van der Waals surface area contributed by atoms with Gasteiger partial charge >= 0.3 is 0 Å². The molecule has 1 unspecified atom stereocenters. The van der Waals surface area contributed by atoms with Crippen molar-refractivity contribution in [1.29, 1.82) is 0 Å². The molecule has 0 spiro atoms. The predicted molar refractivity (Wildman–Crippen MR) is 76.4 cm³/mol. The second-order valence-corrected chi connectivity index (χ2v) is 5.34. The van der Waals surface area contributed by atoms with Gasteiger partial charge in [-0.2, -0.15) is 0 Å². The largest absolute Gasteiger partial charge is 0.493 e. The zero-order valence-corrected chi connectivity index (χ0v) is 11.4. The maximum atomic E-state index is 12.7.